The highest BCUT2D eigenvalue weighted by molar-refractivity contribution is 6.00. The minimum atomic E-state index is -0.437. The highest BCUT2D eigenvalue weighted by Crippen LogP contribution is 2.31. The number of rotatable bonds is 7. The quantitative estimate of drug-likeness (QED) is 0.249. The second kappa shape index (κ2) is 9.62. The summed E-state index contributed by atoms with van der Waals surface area (Å²) >= 11 is 0. The number of ether oxygens (including phenoxy) is 2. The van der Waals surface area contributed by atoms with E-state index in [-0.39, 0.29) is 18.8 Å². The van der Waals surface area contributed by atoms with Crippen LogP contribution in [0.25, 0.3) is 33.3 Å². The molecule has 1 N–H and O–H groups in total. The zero-order valence-electron chi connectivity index (χ0n) is 20.3. The van der Waals surface area contributed by atoms with Gasteiger partial charge in [-0.3, -0.25) is 9.78 Å². The molecule has 0 saturated carbocycles. The second-order valence-corrected chi connectivity index (χ2v) is 8.71. The molecule has 36 heavy (non-hydrogen) atoms. The van der Waals surface area contributed by atoms with Crippen molar-refractivity contribution in [1.29, 1.82) is 0 Å². The number of methoxy groups -OCH3 is 1. The van der Waals surface area contributed by atoms with E-state index in [2.05, 4.69) is 14.7 Å². The van der Waals surface area contributed by atoms with Gasteiger partial charge in [-0.05, 0) is 67.4 Å². The third kappa shape index (κ3) is 4.68. The number of pyridine rings is 1. The van der Waals surface area contributed by atoms with Crippen LogP contribution in [0.1, 0.15) is 27.2 Å². The van der Waals surface area contributed by atoms with E-state index in [4.69, 9.17) is 9.72 Å². The summed E-state index contributed by atoms with van der Waals surface area (Å²) < 4.78 is 10.2. The fourth-order valence-corrected chi connectivity index (χ4v) is 4.36. The predicted molar refractivity (Wildman–Crippen MR) is 138 cm³/mol. The first-order valence-corrected chi connectivity index (χ1v) is 11.6. The molecule has 0 aliphatic rings. The van der Waals surface area contributed by atoms with Crippen molar-refractivity contribution in [3.8, 4) is 17.1 Å². The Morgan fingerprint density at radius 3 is 2.44 bits per heavy atom. The Morgan fingerprint density at radius 2 is 1.67 bits per heavy atom. The zero-order chi connectivity index (χ0) is 25.2. The van der Waals surface area contributed by atoms with Gasteiger partial charge in [0.05, 0.1) is 30.1 Å². The maximum Gasteiger partial charge on any atom is 0.343 e. The van der Waals surface area contributed by atoms with Crippen LogP contribution in [0.3, 0.4) is 0 Å². The standard InChI is InChI=1S/C29H25N3O4/c1-17-12-22(36-16-27(34)35-3)13-18(2)28(17)29-31-24-11-9-20(14-25(24)32-29)26(33)15-21-10-8-19-6-4-5-7-23(19)30-21/h4-14H,15-16H2,1-3H3,(H,31,32). The second-order valence-electron chi connectivity index (χ2n) is 8.71. The van der Waals surface area contributed by atoms with Gasteiger partial charge in [0.2, 0.25) is 0 Å². The van der Waals surface area contributed by atoms with Gasteiger partial charge in [0.25, 0.3) is 0 Å². The van der Waals surface area contributed by atoms with E-state index < -0.39 is 5.97 Å². The topological polar surface area (TPSA) is 94.2 Å². The maximum absolute atomic E-state index is 13.0. The summed E-state index contributed by atoms with van der Waals surface area (Å²) in [6, 6.07) is 21.0. The Bertz CT molecular complexity index is 1600. The molecule has 0 fully saturated rings. The smallest absolute Gasteiger partial charge is 0.343 e. The number of fused-ring (bicyclic) bond motifs is 2. The van der Waals surface area contributed by atoms with Crippen LogP contribution >= 0.6 is 0 Å². The van der Waals surface area contributed by atoms with Crippen LogP contribution in [0.2, 0.25) is 0 Å². The number of hydrogen-bond acceptors (Lipinski definition) is 6. The van der Waals surface area contributed by atoms with Crippen molar-refractivity contribution < 1.29 is 19.1 Å². The number of ketones is 1. The molecule has 0 amide bonds. The number of aromatic amines is 1. The monoisotopic (exact) mass is 479 g/mol. The van der Waals surface area contributed by atoms with E-state index in [0.29, 0.717) is 17.1 Å². The van der Waals surface area contributed by atoms with Crippen LogP contribution in [-0.2, 0) is 16.0 Å². The number of benzene rings is 3. The summed E-state index contributed by atoms with van der Waals surface area (Å²) in [5.41, 5.74) is 6.63. The summed E-state index contributed by atoms with van der Waals surface area (Å²) in [6.07, 6.45) is 0.225. The number of H-pyrrole nitrogens is 1. The van der Waals surface area contributed by atoms with Crippen molar-refractivity contribution in [2.45, 2.75) is 20.3 Å². The van der Waals surface area contributed by atoms with Crippen LogP contribution in [0.4, 0.5) is 0 Å². The maximum atomic E-state index is 13.0. The molecule has 2 heterocycles. The zero-order valence-corrected chi connectivity index (χ0v) is 20.3. The number of para-hydroxylation sites is 1. The average Bonchev–Trinajstić information content (AvgIpc) is 3.29. The van der Waals surface area contributed by atoms with Crippen LogP contribution in [-0.4, -0.2) is 40.4 Å². The largest absolute Gasteiger partial charge is 0.482 e. The van der Waals surface area contributed by atoms with E-state index in [0.717, 1.165) is 44.3 Å². The molecular formula is C29H25N3O4. The molecule has 5 aromatic rings. The number of aryl methyl sites for hydroxylation is 2. The van der Waals surface area contributed by atoms with E-state index in [1.54, 1.807) is 6.07 Å². The summed E-state index contributed by atoms with van der Waals surface area (Å²) in [6.45, 7) is 3.78. The van der Waals surface area contributed by atoms with Gasteiger partial charge < -0.3 is 14.5 Å². The number of imidazole rings is 1. The third-order valence-corrected chi connectivity index (χ3v) is 6.13. The molecule has 0 bridgehead atoms. The van der Waals surface area contributed by atoms with Crippen LogP contribution in [0.5, 0.6) is 5.75 Å². The summed E-state index contributed by atoms with van der Waals surface area (Å²) in [7, 11) is 1.33. The number of hydrogen-bond donors (Lipinski definition) is 1. The molecule has 7 heteroatoms. The van der Waals surface area contributed by atoms with Gasteiger partial charge in [-0.25, -0.2) is 9.78 Å². The van der Waals surface area contributed by atoms with Gasteiger partial charge in [-0.1, -0.05) is 24.3 Å². The minimum absolute atomic E-state index is 0.00435. The fraction of sp³-hybridized carbons (Fsp3) is 0.172. The molecule has 0 aliphatic carbocycles. The van der Waals surface area contributed by atoms with Crippen LogP contribution < -0.4 is 4.74 Å². The van der Waals surface area contributed by atoms with Gasteiger partial charge in [-0.2, -0.15) is 0 Å². The Morgan fingerprint density at radius 1 is 0.889 bits per heavy atom. The van der Waals surface area contributed by atoms with Gasteiger partial charge in [0, 0.05) is 22.2 Å². The van der Waals surface area contributed by atoms with Gasteiger partial charge in [-0.15, -0.1) is 0 Å². The number of nitrogens with one attached hydrogen (secondary N) is 1. The van der Waals surface area contributed by atoms with E-state index in [1.807, 2.05) is 74.5 Å². The molecule has 0 atom stereocenters. The van der Waals surface area contributed by atoms with Gasteiger partial charge in [0.15, 0.2) is 12.4 Å². The molecule has 2 aromatic heterocycles. The molecule has 0 unspecified atom stereocenters. The van der Waals surface area contributed by atoms with Crippen molar-refractivity contribution in [3.63, 3.8) is 0 Å². The number of Topliss-reactive ketones (excluding diaryl/α,β-unsaturated/α-hetero) is 1. The molecule has 3 aromatic carbocycles. The van der Waals surface area contributed by atoms with Crippen molar-refractivity contribution in [2.24, 2.45) is 0 Å². The van der Waals surface area contributed by atoms with Gasteiger partial charge in [0.1, 0.15) is 11.6 Å². The Kier molecular flexibility index (Phi) is 6.21. The van der Waals surface area contributed by atoms with Gasteiger partial charge >= 0.3 is 5.97 Å². The lowest BCUT2D eigenvalue weighted by atomic mass is 10.0. The molecule has 0 radical (unpaired) electrons. The molecule has 180 valence electrons. The Balaban J connectivity index is 1.39. The number of carbonyl (C=O) groups excluding carboxylic acids is 2. The van der Waals surface area contributed by atoms with Crippen molar-refractivity contribution in [2.75, 3.05) is 13.7 Å². The molecule has 0 aliphatic heterocycles. The molecule has 7 nitrogen and oxygen atoms in total. The lowest BCUT2D eigenvalue weighted by Crippen LogP contribution is -2.12. The van der Waals surface area contributed by atoms with E-state index in [1.165, 1.54) is 7.11 Å². The van der Waals surface area contributed by atoms with Crippen LogP contribution in [0.15, 0.2) is 66.7 Å². The highest BCUT2D eigenvalue weighted by Gasteiger charge is 2.15. The first-order valence-electron chi connectivity index (χ1n) is 11.6. The van der Waals surface area contributed by atoms with Crippen molar-refractivity contribution >= 4 is 33.7 Å². The molecular weight excluding hydrogens is 454 g/mol. The first kappa shape index (κ1) is 23.2. The summed E-state index contributed by atoms with van der Waals surface area (Å²) in [4.78, 5) is 37.1. The summed E-state index contributed by atoms with van der Waals surface area (Å²) in [5.74, 6) is 0.856. The van der Waals surface area contributed by atoms with E-state index >= 15 is 0 Å². The number of nitrogens with zero attached hydrogens (tertiary/aromatic N) is 2. The Labute approximate surface area is 208 Å². The SMILES string of the molecule is COC(=O)COc1cc(C)c(-c2nc3ccc(C(=O)Cc4ccc5ccccc5n4)cc3[nH]2)c(C)c1. The normalized spacial score (nSPS) is 11.1. The number of carbonyl (C=O) groups is 2. The van der Waals surface area contributed by atoms with Crippen LogP contribution in [0, 0.1) is 13.8 Å². The lowest BCUT2D eigenvalue weighted by molar-refractivity contribution is -0.142. The average molecular weight is 480 g/mol. The molecule has 0 saturated heterocycles. The van der Waals surface area contributed by atoms with Crippen molar-refractivity contribution in [1.82, 2.24) is 15.0 Å². The summed E-state index contributed by atoms with van der Waals surface area (Å²) in [5, 5.41) is 1.05. The lowest BCUT2D eigenvalue weighted by Gasteiger charge is -2.11. The fourth-order valence-electron chi connectivity index (χ4n) is 4.36. The van der Waals surface area contributed by atoms with Crippen molar-refractivity contribution in [3.05, 3.63) is 89.1 Å². The minimum Gasteiger partial charge on any atom is -0.482 e. The third-order valence-electron chi connectivity index (χ3n) is 6.13. The number of esters is 1. The molecule has 0 spiro atoms. The predicted octanol–water partition coefficient (Wildman–Crippen LogP) is 5.37. The first-order chi connectivity index (χ1) is 17.4. The Hall–Kier alpha value is -4.52. The molecule has 5 rings (SSSR count). The van der Waals surface area contributed by atoms with E-state index in [9.17, 15) is 9.59 Å². The highest BCUT2D eigenvalue weighted by atomic mass is 16.6. The number of aromatic nitrogens is 3.